The van der Waals surface area contributed by atoms with Gasteiger partial charge in [-0.15, -0.1) is 0 Å². The number of carbonyl (C=O) groups is 1. The number of benzene rings is 2. The lowest BCUT2D eigenvalue weighted by atomic mass is 10.0. The van der Waals surface area contributed by atoms with E-state index in [9.17, 15) is 4.79 Å². The van der Waals surface area contributed by atoms with Crippen molar-refractivity contribution in [3.8, 4) is 17.2 Å². The molecule has 3 aromatic rings. The lowest BCUT2D eigenvalue weighted by Crippen LogP contribution is -2.43. The van der Waals surface area contributed by atoms with E-state index in [0.29, 0.717) is 30.3 Å². The van der Waals surface area contributed by atoms with Gasteiger partial charge in [-0.05, 0) is 36.4 Å². The van der Waals surface area contributed by atoms with Crippen LogP contribution in [-0.2, 0) is 18.3 Å². The van der Waals surface area contributed by atoms with Gasteiger partial charge in [0, 0.05) is 62.4 Å². The number of Topliss-reactive ketones (excluding diaryl/α,β-unsaturated/α-hetero) is 1. The SMILES string of the molecule is COc1ccc2c(c1)c(/C=C1\Oc3c(ccc4c3CN(CCN3CCOCC3)CO4)C1=O)cn2C. The number of allylic oxidation sites excluding steroid dienone is 1. The molecular weight excluding hydrogens is 446 g/mol. The fraction of sp³-hybridized carbons (Fsp3) is 0.370. The monoisotopic (exact) mass is 475 g/mol. The zero-order valence-electron chi connectivity index (χ0n) is 20.1. The van der Waals surface area contributed by atoms with E-state index in [0.717, 1.165) is 72.9 Å². The first kappa shape index (κ1) is 22.2. The Balaban J connectivity index is 1.26. The molecule has 8 heteroatoms. The highest BCUT2D eigenvalue weighted by atomic mass is 16.5. The molecular formula is C27H29N3O5. The summed E-state index contributed by atoms with van der Waals surface area (Å²) in [7, 11) is 3.64. The number of nitrogens with zero attached hydrogens (tertiary/aromatic N) is 3. The summed E-state index contributed by atoms with van der Waals surface area (Å²) in [6, 6.07) is 9.63. The largest absolute Gasteiger partial charge is 0.497 e. The minimum absolute atomic E-state index is 0.104. The number of hydrogen-bond acceptors (Lipinski definition) is 7. The standard InChI is InChI=1S/C27H29N3O5/c1-28-15-18(21-14-19(32-2)3-5-23(21)28)13-25-26(31)20-4-6-24-22(27(20)35-25)16-30(17-34-24)8-7-29-9-11-33-12-10-29/h3-6,13-15H,7-12,16-17H2,1-2H3/b25-13-. The number of ketones is 1. The topological polar surface area (TPSA) is 65.4 Å². The van der Waals surface area contributed by atoms with Gasteiger partial charge < -0.3 is 23.5 Å². The molecule has 0 aliphatic carbocycles. The number of hydrogen-bond donors (Lipinski definition) is 0. The van der Waals surface area contributed by atoms with Crippen molar-refractivity contribution in [1.29, 1.82) is 0 Å². The van der Waals surface area contributed by atoms with Crippen molar-refractivity contribution in [2.75, 3.05) is 53.2 Å². The van der Waals surface area contributed by atoms with Crippen molar-refractivity contribution < 1.29 is 23.7 Å². The van der Waals surface area contributed by atoms with Crippen LogP contribution in [0.25, 0.3) is 17.0 Å². The highest BCUT2D eigenvalue weighted by molar-refractivity contribution is 6.15. The lowest BCUT2D eigenvalue weighted by molar-refractivity contribution is 0.0239. The van der Waals surface area contributed by atoms with E-state index in [4.69, 9.17) is 18.9 Å². The summed E-state index contributed by atoms with van der Waals surface area (Å²) in [6.45, 7) is 6.59. The molecule has 0 unspecified atom stereocenters. The van der Waals surface area contributed by atoms with Crippen molar-refractivity contribution in [2.24, 2.45) is 7.05 Å². The molecule has 1 saturated heterocycles. The van der Waals surface area contributed by atoms with Crippen LogP contribution in [0.5, 0.6) is 17.2 Å². The van der Waals surface area contributed by atoms with Crippen LogP contribution in [0, 0.1) is 0 Å². The van der Waals surface area contributed by atoms with Crippen LogP contribution in [0.2, 0.25) is 0 Å². The van der Waals surface area contributed by atoms with Crippen LogP contribution >= 0.6 is 0 Å². The second-order valence-corrected chi connectivity index (χ2v) is 9.22. The molecule has 1 fully saturated rings. The molecule has 0 atom stereocenters. The fourth-order valence-corrected chi connectivity index (χ4v) is 5.04. The Morgan fingerprint density at radius 1 is 1.09 bits per heavy atom. The Labute approximate surface area is 204 Å². The molecule has 1 aromatic heterocycles. The molecule has 0 radical (unpaired) electrons. The molecule has 0 amide bonds. The second-order valence-electron chi connectivity index (χ2n) is 9.22. The zero-order chi connectivity index (χ0) is 23.9. The summed E-state index contributed by atoms with van der Waals surface area (Å²) < 4.78 is 25.1. The second kappa shape index (κ2) is 9.03. The van der Waals surface area contributed by atoms with Crippen molar-refractivity contribution in [3.63, 3.8) is 0 Å². The van der Waals surface area contributed by atoms with Gasteiger partial charge in [0.2, 0.25) is 5.78 Å². The molecule has 3 aliphatic rings. The fourth-order valence-electron chi connectivity index (χ4n) is 5.04. The predicted octanol–water partition coefficient (Wildman–Crippen LogP) is 3.29. The smallest absolute Gasteiger partial charge is 0.231 e. The van der Waals surface area contributed by atoms with E-state index in [1.165, 1.54) is 0 Å². The van der Waals surface area contributed by atoms with Gasteiger partial charge in [-0.25, -0.2) is 0 Å². The van der Waals surface area contributed by atoms with Gasteiger partial charge in [-0.3, -0.25) is 14.6 Å². The van der Waals surface area contributed by atoms with Gasteiger partial charge in [-0.1, -0.05) is 0 Å². The summed E-state index contributed by atoms with van der Waals surface area (Å²) in [6.07, 6.45) is 3.83. The van der Waals surface area contributed by atoms with E-state index in [2.05, 4.69) is 9.80 Å². The Morgan fingerprint density at radius 2 is 1.91 bits per heavy atom. The van der Waals surface area contributed by atoms with Crippen molar-refractivity contribution in [1.82, 2.24) is 14.4 Å². The average molecular weight is 476 g/mol. The Kier molecular flexibility index (Phi) is 5.72. The zero-order valence-corrected chi connectivity index (χ0v) is 20.1. The molecule has 0 bridgehead atoms. The maximum Gasteiger partial charge on any atom is 0.231 e. The van der Waals surface area contributed by atoms with Crippen molar-refractivity contribution in [3.05, 3.63) is 59.0 Å². The van der Waals surface area contributed by atoms with Crippen LogP contribution in [0.15, 0.2) is 42.3 Å². The Bertz CT molecular complexity index is 1320. The third kappa shape index (κ3) is 4.07. The molecule has 0 N–H and O–H groups in total. The Hall–Kier alpha value is -3.33. The highest BCUT2D eigenvalue weighted by Crippen LogP contribution is 2.42. The van der Waals surface area contributed by atoms with Crippen LogP contribution in [0.3, 0.4) is 0 Å². The van der Waals surface area contributed by atoms with Crippen LogP contribution < -0.4 is 14.2 Å². The Morgan fingerprint density at radius 3 is 2.74 bits per heavy atom. The molecule has 2 aromatic carbocycles. The van der Waals surface area contributed by atoms with E-state index < -0.39 is 0 Å². The number of fused-ring (bicyclic) bond motifs is 4. The van der Waals surface area contributed by atoms with Gasteiger partial charge in [0.15, 0.2) is 5.76 Å². The third-order valence-electron chi connectivity index (χ3n) is 7.03. The van der Waals surface area contributed by atoms with Crippen LogP contribution in [-0.4, -0.2) is 73.4 Å². The third-order valence-corrected chi connectivity index (χ3v) is 7.03. The normalized spacial score (nSPS) is 19.5. The summed E-state index contributed by atoms with van der Waals surface area (Å²) in [5.41, 5.74) is 3.50. The number of morpholine rings is 1. The summed E-state index contributed by atoms with van der Waals surface area (Å²) in [5, 5.41) is 1.01. The quantitative estimate of drug-likeness (QED) is 0.525. The van der Waals surface area contributed by atoms with Gasteiger partial charge >= 0.3 is 0 Å². The number of aromatic nitrogens is 1. The molecule has 4 heterocycles. The van der Waals surface area contributed by atoms with E-state index in [1.807, 2.05) is 54.2 Å². The molecule has 0 spiro atoms. The molecule has 182 valence electrons. The predicted molar refractivity (Wildman–Crippen MR) is 132 cm³/mol. The minimum atomic E-state index is -0.104. The van der Waals surface area contributed by atoms with Crippen molar-refractivity contribution >= 4 is 22.8 Å². The first-order valence-electron chi connectivity index (χ1n) is 12.0. The highest BCUT2D eigenvalue weighted by Gasteiger charge is 2.34. The maximum atomic E-state index is 13.3. The molecule has 8 nitrogen and oxygen atoms in total. The number of methoxy groups -OCH3 is 1. The number of aryl methyl sites for hydroxylation is 1. The maximum absolute atomic E-state index is 13.3. The molecule has 6 rings (SSSR count). The van der Waals surface area contributed by atoms with Crippen LogP contribution in [0.4, 0.5) is 0 Å². The van der Waals surface area contributed by atoms with Crippen molar-refractivity contribution in [2.45, 2.75) is 6.54 Å². The molecule has 35 heavy (non-hydrogen) atoms. The molecule has 0 saturated carbocycles. The first-order chi connectivity index (χ1) is 17.1. The van der Waals surface area contributed by atoms with Gasteiger partial charge in [0.05, 0.1) is 31.5 Å². The van der Waals surface area contributed by atoms with E-state index in [1.54, 1.807) is 7.11 Å². The number of rotatable bonds is 5. The average Bonchev–Trinajstić information content (AvgIpc) is 3.39. The van der Waals surface area contributed by atoms with Gasteiger partial charge in [0.25, 0.3) is 0 Å². The summed E-state index contributed by atoms with van der Waals surface area (Å²) in [5.74, 6) is 2.40. The molecule has 3 aliphatic heterocycles. The minimum Gasteiger partial charge on any atom is -0.497 e. The van der Waals surface area contributed by atoms with E-state index in [-0.39, 0.29) is 5.78 Å². The summed E-state index contributed by atoms with van der Waals surface area (Å²) >= 11 is 0. The first-order valence-corrected chi connectivity index (χ1v) is 12.0. The van der Waals surface area contributed by atoms with Gasteiger partial charge in [-0.2, -0.15) is 0 Å². The van der Waals surface area contributed by atoms with E-state index >= 15 is 0 Å². The number of ether oxygens (including phenoxy) is 4. The lowest BCUT2D eigenvalue weighted by Gasteiger charge is -2.33. The van der Waals surface area contributed by atoms with Crippen LogP contribution in [0.1, 0.15) is 21.5 Å². The number of carbonyl (C=O) groups excluding carboxylic acids is 1. The summed E-state index contributed by atoms with van der Waals surface area (Å²) in [4.78, 5) is 17.9. The van der Waals surface area contributed by atoms with Gasteiger partial charge in [0.1, 0.15) is 24.0 Å².